The van der Waals surface area contributed by atoms with Crippen molar-refractivity contribution in [2.75, 3.05) is 21.3 Å². The maximum atomic E-state index is 13.6. The maximum Gasteiger partial charge on any atom is 0.373 e. The first-order valence-electron chi connectivity index (χ1n) is 16.3. The second-order valence-electron chi connectivity index (χ2n) is 13.7. The molecule has 0 saturated carbocycles. The Hall–Kier alpha value is -2.01. The highest BCUT2D eigenvalue weighted by Gasteiger charge is 2.53. The number of carbonyl (C=O) groups excluding carboxylic acids is 1. The molecule has 0 aliphatic carbocycles. The predicted molar refractivity (Wildman–Crippen MR) is 175 cm³/mol. The molecule has 1 unspecified atom stereocenters. The molecule has 2 heterocycles. The Bertz CT molecular complexity index is 1080. The molecule has 45 heavy (non-hydrogen) atoms. The van der Waals surface area contributed by atoms with Gasteiger partial charge in [0.1, 0.15) is 12.2 Å². The molecule has 12 atom stereocenters. The summed E-state index contributed by atoms with van der Waals surface area (Å²) in [7, 11) is 4.46. The molecule has 2 aliphatic heterocycles. The lowest BCUT2D eigenvalue weighted by Crippen LogP contribution is -2.60. The summed E-state index contributed by atoms with van der Waals surface area (Å²) in [6.07, 6.45) is 5.75. The van der Waals surface area contributed by atoms with Crippen LogP contribution in [0.5, 0.6) is 0 Å². The fourth-order valence-electron chi connectivity index (χ4n) is 6.84. The zero-order chi connectivity index (χ0) is 34.2. The van der Waals surface area contributed by atoms with Crippen molar-refractivity contribution in [1.82, 2.24) is 0 Å². The lowest BCUT2D eigenvalue weighted by molar-refractivity contribution is -0.338. The van der Waals surface area contributed by atoms with E-state index in [0.717, 1.165) is 11.1 Å². The molecule has 0 aromatic rings. The first-order chi connectivity index (χ1) is 21.0. The number of rotatable bonds is 8. The summed E-state index contributed by atoms with van der Waals surface area (Å²) in [5.41, 5.74) is 1.82. The van der Waals surface area contributed by atoms with Crippen LogP contribution in [-0.4, -0.2) is 85.0 Å². The fourth-order valence-corrected chi connectivity index (χ4v) is 6.84. The summed E-state index contributed by atoms with van der Waals surface area (Å²) in [5, 5.41) is 33.8. The third kappa shape index (κ3) is 9.75. The van der Waals surface area contributed by atoms with E-state index in [9.17, 15) is 20.1 Å². The minimum absolute atomic E-state index is 0.00647. The summed E-state index contributed by atoms with van der Waals surface area (Å²) in [5.74, 6) is -3.38. The molecule has 0 radical (unpaired) electrons. The van der Waals surface area contributed by atoms with Crippen LogP contribution in [0.15, 0.2) is 47.3 Å². The summed E-state index contributed by atoms with van der Waals surface area (Å²) in [4.78, 5) is 13.6. The van der Waals surface area contributed by atoms with Gasteiger partial charge in [-0.05, 0) is 38.2 Å². The van der Waals surface area contributed by atoms with Gasteiger partial charge in [-0.1, -0.05) is 83.9 Å². The van der Waals surface area contributed by atoms with E-state index in [1.807, 2.05) is 73.6 Å². The lowest BCUT2D eigenvalue weighted by Gasteiger charge is -2.51. The Labute approximate surface area is 271 Å². The quantitative estimate of drug-likeness (QED) is 0.303. The average Bonchev–Trinajstić information content (AvgIpc) is 2.99. The molecule has 2 rings (SSSR count). The normalized spacial score (nSPS) is 40.5. The number of methoxy groups -OCH3 is 3. The molecule has 1 fully saturated rings. The van der Waals surface area contributed by atoms with Crippen LogP contribution in [0.1, 0.15) is 75.2 Å². The second kappa shape index (κ2) is 17.2. The molecular weight excluding hydrogens is 576 g/mol. The molecule has 9 heteroatoms. The van der Waals surface area contributed by atoms with Crippen LogP contribution in [0.3, 0.4) is 0 Å². The number of allylic oxidation sites excluding steroid dienone is 5. The number of hydrogen-bond acceptors (Lipinski definition) is 9. The number of hydrogen-bond donors (Lipinski definition) is 3. The molecule has 1 saturated heterocycles. The maximum absolute atomic E-state index is 13.6. The second-order valence-corrected chi connectivity index (χ2v) is 13.7. The van der Waals surface area contributed by atoms with Gasteiger partial charge in [0.15, 0.2) is 5.79 Å². The molecule has 3 N–H and O–H groups in total. The summed E-state index contributed by atoms with van der Waals surface area (Å²) < 4.78 is 29.9. The number of ether oxygens (including phenoxy) is 5. The lowest BCUT2D eigenvalue weighted by atomic mass is 9.76. The smallest absolute Gasteiger partial charge is 0.373 e. The van der Waals surface area contributed by atoms with Gasteiger partial charge >= 0.3 is 5.97 Å². The van der Waals surface area contributed by atoms with Crippen molar-refractivity contribution >= 4 is 5.97 Å². The monoisotopic (exact) mass is 636 g/mol. The molecular formula is C36H60O9. The van der Waals surface area contributed by atoms with Gasteiger partial charge in [0.25, 0.3) is 0 Å². The fraction of sp³-hybridized carbons (Fsp3) is 0.750. The van der Waals surface area contributed by atoms with E-state index in [2.05, 4.69) is 0 Å². The minimum atomic E-state index is -1.26. The van der Waals surface area contributed by atoms with Crippen molar-refractivity contribution < 1.29 is 43.8 Å². The van der Waals surface area contributed by atoms with E-state index in [4.69, 9.17) is 23.7 Å². The summed E-state index contributed by atoms with van der Waals surface area (Å²) >= 11 is 0. The number of esters is 1. The van der Waals surface area contributed by atoms with E-state index >= 15 is 0 Å². The molecule has 0 aromatic carbocycles. The largest absolute Gasteiger partial charge is 0.490 e. The van der Waals surface area contributed by atoms with Crippen molar-refractivity contribution in [2.45, 2.75) is 118 Å². The third-order valence-electron chi connectivity index (χ3n) is 9.81. The molecule has 0 bridgehead atoms. The Balaban J connectivity index is 2.56. The third-order valence-corrected chi connectivity index (χ3v) is 9.81. The highest BCUT2D eigenvalue weighted by Crippen LogP contribution is 2.43. The van der Waals surface area contributed by atoms with E-state index in [0.29, 0.717) is 6.42 Å². The SMILES string of the molecule is CO/C1=C/C(C)=C/[C@@H](C)[C@H](O)[C@@H](C)C/C(C)=C/C=C/[C@H](OC)C([C@@H](C)[C@@H](O)[C@H](C)[C@]2(OC)C[C@H](O)[C@@H](C)[C@H](C(C)C)O2)OC1=O. The summed E-state index contributed by atoms with van der Waals surface area (Å²) in [6.45, 7) is 17.5. The van der Waals surface area contributed by atoms with Crippen LogP contribution in [0.25, 0.3) is 0 Å². The highest BCUT2D eigenvalue weighted by molar-refractivity contribution is 5.87. The minimum Gasteiger partial charge on any atom is -0.490 e. The molecule has 0 spiro atoms. The van der Waals surface area contributed by atoms with E-state index < -0.39 is 54.1 Å². The van der Waals surface area contributed by atoms with Gasteiger partial charge in [-0.15, -0.1) is 0 Å². The van der Waals surface area contributed by atoms with Crippen LogP contribution < -0.4 is 0 Å². The van der Waals surface area contributed by atoms with Crippen LogP contribution in [0.4, 0.5) is 0 Å². The van der Waals surface area contributed by atoms with Crippen molar-refractivity contribution in [1.29, 1.82) is 0 Å². The molecule has 258 valence electrons. The van der Waals surface area contributed by atoms with Crippen molar-refractivity contribution in [2.24, 2.45) is 35.5 Å². The standard InChI is InChI=1S/C36H60O9/c1-20(2)33-25(7)28(37)19-36(43-12,45-33)27(9)32(39)26(8)34-29(41-10)15-13-14-21(3)16-23(5)31(38)24(6)17-22(4)18-30(42-11)35(40)44-34/h13-15,17-18,20,23-29,31-34,37-39H,16,19H2,1-12H3/b15-13+,21-14+,22-17+,30-18+/t23-,24+,25+,26-,27-,28-,29-,31+,32+,33-,34?,36-/m0/s1. The van der Waals surface area contributed by atoms with Crippen molar-refractivity contribution in [3.05, 3.63) is 47.3 Å². The number of aliphatic hydroxyl groups excluding tert-OH is 3. The topological polar surface area (TPSA) is 124 Å². The van der Waals surface area contributed by atoms with Gasteiger partial charge in [0, 0.05) is 44.3 Å². The predicted octanol–water partition coefficient (Wildman–Crippen LogP) is 5.35. The van der Waals surface area contributed by atoms with E-state index in [-0.39, 0.29) is 42.0 Å². The van der Waals surface area contributed by atoms with Crippen LogP contribution in [-0.2, 0) is 28.5 Å². The van der Waals surface area contributed by atoms with Crippen LogP contribution in [0.2, 0.25) is 0 Å². The molecule has 0 amide bonds. The number of aliphatic hydroxyl groups is 3. The van der Waals surface area contributed by atoms with E-state index in [1.54, 1.807) is 19.1 Å². The Morgan fingerprint density at radius 1 is 1.02 bits per heavy atom. The Morgan fingerprint density at radius 2 is 1.67 bits per heavy atom. The molecule has 0 aromatic heterocycles. The highest BCUT2D eigenvalue weighted by atomic mass is 16.7. The van der Waals surface area contributed by atoms with Gasteiger partial charge in [0.2, 0.25) is 5.76 Å². The summed E-state index contributed by atoms with van der Waals surface area (Å²) in [6, 6.07) is 0. The first kappa shape index (κ1) is 39.2. The zero-order valence-electron chi connectivity index (χ0n) is 29.5. The first-order valence-corrected chi connectivity index (χ1v) is 16.3. The van der Waals surface area contributed by atoms with Gasteiger partial charge < -0.3 is 39.0 Å². The average molecular weight is 637 g/mol. The molecule has 2 aliphatic rings. The van der Waals surface area contributed by atoms with Gasteiger partial charge in [-0.25, -0.2) is 4.79 Å². The van der Waals surface area contributed by atoms with Crippen molar-refractivity contribution in [3.63, 3.8) is 0 Å². The van der Waals surface area contributed by atoms with E-state index in [1.165, 1.54) is 21.3 Å². The van der Waals surface area contributed by atoms with Crippen LogP contribution in [0, 0.1) is 35.5 Å². The number of carbonyl (C=O) groups is 1. The zero-order valence-corrected chi connectivity index (χ0v) is 29.5. The van der Waals surface area contributed by atoms with Crippen molar-refractivity contribution in [3.8, 4) is 0 Å². The van der Waals surface area contributed by atoms with Gasteiger partial charge in [-0.2, -0.15) is 0 Å². The van der Waals surface area contributed by atoms with Crippen LogP contribution >= 0.6 is 0 Å². The molecule has 9 nitrogen and oxygen atoms in total. The Morgan fingerprint density at radius 3 is 2.22 bits per heavy atom. The Kier molecular flexibility index (Phi) is 15.0. The number of cyclic esters (lactones) is 1. The van der Waals surface area contributed by atoms with Gasteiger partial charge in [-0.3, -0.25) is 0 Å². The van der Waals surface area contributed by atoms with Gasteiger partial charge in [0.05, 0.1) is 31.5 Å².